The molecule has 1 aliphatic heterocycles. The van der Waals surface area contributed by atoms with Crippen molar-refractivity contribution in [3.05, 3.63) is 36.2 Å². The number of rotatable bonds is 5. The van der Waals surface area contributed by atoms with E-state index in [2.05, 4.69) is 20.3 Å². The van der Waals surface area contributed by atoms with E-state index in [1.807, 2.05) is 0 Å². The maximum atomic E-state index is 14.5. The van der Waals surface area contributed by atoms with Crippen LogP contribution in [0.3, 0.4) is 0 Å². The Morgan fingerprint density at radius 1 is 1.20 bits per heavy atom. The van der Waals surface area contributed by atoms with Crippen LogP contribution in [0.5, 0.6) is 0 Å². The summed E-state index contributed by atoms with van der Waals surface area (Å²) in [6, 6.07) is 0. The van der Waals surface area contributed by atoms with E-state index in [1.165, 1.54) is 35.3 Å². The first-order valence-electron chi connectivity index (χ1n) is 9.14. The van der Waals surface area contributed by atoms with Gasteiger partial charge >= 0.3 is 0 Å². The molecule has 0 bridgehead atoms. The van der Waals surface area contributed by atoms with E-state index < -0.39 is 17.5 Å². The predicted octanol–water partition coefficient (Wildman–Crippen LogP) is -0.217. The lowest BCUT2D eigenvalue weighted by Gasteiger charge is -2.34. The summed E-state index contributed by atoms with van der Waals surface area (Å²) >= 11 is 0. The third-order valence-electron chi connectivity index (χ3n) is 4.91. The van der Waals surface area contributed by atoms with Crippen molar-refractivity contribution in [3.8, 4) is 5.82 Å². The number of carbonyl (C=O) groups is 3. The zero-order valence-electron chi connectivity index (χ0n) is 16.0. The minimum Gasteiger partial charge on any atom is -0.375 e. The summed E-state index contributed by atoms with van der Waals surface area (Å²) in [5, 5.41) is 7.48. The van der Waals surface area contributed by atoms with E-state index in [0.29, 0.717) is 13.1 Å². The summed E-state index contributed by atoms with van der Waals surface area (Å²) in [5.41, 5.74) is 0.140. The highest BCUT2D eigenvalue weighted by atomic mass is 19.1. The van der Waals surface area contributed by atoms with E-state index in [-0.39, 0.29) is 47.9 Å². The molecule has 0 aliphatic carbocycles. The van der Waals surface area contributed by atoms with Crippen LogP contribution in [0.1, 0.15) is 10.4 Å². The standard InChI is InChI=1S/C18H18FN7O4/c1-30-10-13(27)24-4-6-25(7-5-24)18(29)16(28)11-8-20-15-14(11)12(19)9-21-17(15)26-3-2-22-23-26/h2-3,8-9,20H,4-7,10H2,1H3. The number of methoxy groups -OCH3 is 1. The number of hydrogen-bond acceptors (Lipinski definition) is 7. The van der Waals surface area contributed by atoms with Crippen LogP contribution in [-0.4, -0.2) is 92.3 Å². The van der Waals surface area contributed by atoms with Crippen molar-refractivity contribution in [2.75, 3.05) is 39.9 Å². The molecule has 3 aromatic heterocycles. The smallest absolute Gasteiger partial charge is 0.295 e. The average Bonchev–Trinajstić information content (AvgIpc) is 3.44. The maximum absolute atomic E-state index is 14.5. The van der Waals surface area contributed by atoms with Crippen LogP contribution in [0.25, 0.3) is 16.7 Å². The Morgan fingerprint density at radius 3 is 2.60 bits per heavy atom. The number of aromatic nitrogens is 5. The molecule has 2 amide bonds. The zero-order valence-corrected chi connectivity index (χ0v) is 16.0. The van der Waals surface area contributed by atoms with Gasteiger partial charge in [-0.15, -0.1) is 5.10 Å². The zero-order chi connectivity index (χ0) is 21.3. The number of aromatic amines is 1. The molecular weight excluding hydrogens is 397 g/mol. The molecule has 30 heavy (non-hydrogen) atoms. The molecule has 1 fully saturated rings. The number of fused-ring (bicyclic) bond motifs is 1. The summed E-state index contributed by atoms with van der Waals surface area (Å²) in [5.74, 6) is -2.26. The Bertz CT molecular complexity index is 1100. The van der Waals surface area contributed by atoms with Gasteiger partial charge in [-0.25, -0.2) is 14.1 Å². The van der Waals surface area contributed by atoms with E-state index in [4.69, 9.17) is 4.74 Å². The Balaban J connectivity index is 1.56. The lowest BCUT2D eigenvalue weighted by atomic mass is 10.1. The first kappa shape index (κ1) is 19.6. The van der Waals surface area contributed by atoms with Gasteiger partial charge in [0.2, 0.25) is 5.91 Å². The minimum absolute atomic E-state index is 0.0381. The summed E-state index contributed by atoms with van der Waals surface area (Å²) in [6.45, 7) is 0.963. The molecule has 3 aromatic rings. The molecule has 1 aliphatic rings. The average molecular weight is 415 g/mol. The molecule has 0 saturated carbocycles. The topological polar surface area (TPSA) is 126 Å². The number of ketones is 1. The summed E-state index contributed by atoms with van der Waals surface area (Å²) in [7, 11) is 1.43. The van der Waals surface area contributed by atoms with Gasteiger partial charge in [0.25, 0.3) is 11.7 Å². The summed E-state index contributed by atoms with van der Waals surface area (Å²) < 4.78 is 20.7. The number of amides is 2. The number of H-pyrrole nitrogens is 1. The van der Waals surface area contributed by atoms with E-state index in [0.717, 1.165) is 6.20 Å². The van der Waals surface area contributed by atoms with Gasteiger partial charge in [0, 0.05) is 39.5 Å². The molecule has 0 aromatic carbocycles. The van der Waals surface area contributed by atoms with Crippen molar-refractivity contribution in [2.24, 2.45) is 0 Å². The van der Waals surface area contributed by atoms with Crippen LogP contribution in [0.4, 0.5) is 4.39 Å². The second-order valence-electron chi connectivity index (χ2n) is 6.66. The van der Waals surface area contributed by atoms with Gasteiger partial charge in [-0.05, 0) is 0 Å². The van der Waals surface area contributed by atoms with Crippen molar-refractivity contribution < 1.29 is 23.5 Å². The van der Waals surface area contributed by atoms with Crippen LogP contribution < -0.4 is 0 Å². The van der Waals surface area contributed by atoms with Gasteiger partial charge < -0.3 is 19.5 Å². The fourth-order valence-electron chi connectivity index (χ4n) is 3.40. The number of pyridine rings is 1. The molecule has 4 rings (SSSR count). The second-order valence-corrected chi connectivity index (χ2v) is 6.66. The maximum Gasteiger partial charge on any atom is 0.295 e. The van der Waals surface area contributed by atoms with E-state index in [9.17, 15) is 18.8 Å². The first-order valence-corrected chi connectivity index (χ1v) is 9.14. The molecule has 156 valence electrons. The number of halogens is 1. The fraction of sp³-hybridized carbons (Fsp3) is 0.333. The molecule has 1 saturated heterocycles. The van der Waals surface area contributed by atoms with Crippen molar-refractivity contribution in [2.45, 2.75) is 0 Å². The Morgan fingerprint density at radius 2 is 1.93 bits per heavy atom. The molecule has 1 N–H and O–H groups in total. The molecule has 4 heterocycles. The Hall–Kier alpha value is -3.67. The normalized spacial score (nSPS) is 14.3. The van der Waals surface area contributed by atoms with E-state index in [1.54, 1.807) is 4.90 Å². The van der Waals surface area contributed by atoms with Gasteiger partial charge in [0.05, 0.1) is 35.1 Å². The van der Waals surface area contributed by atoms with Gasteiger partial charge in [-0.2, -0.15) is 0 Å². The van der Waals surface area contributed by atoms with Gasteiger partial charge in [-0.1, -0.05) is 5.21 Å². The number of hydrogen-bond donors (Lipinski definition) is 1. The predicted molar refractivity (Wildman–Crippen MR) is 100 cm³/mol. The number of Topliss-reactive ketones (excluding diaryl/α,β-unsaturated/α-hetero) is 1. The molecule has 11 nitrogen and oxygen atoms in total. The summed E-state index contributed by atoms with van der Waals surface area (Å²) in [4.78, 5) is 47.2. The number of carbonyl (C=O) groups excluding carboxylic acids is 3. The van der Waals surface area contributed by atoms with Crippen molar-refractivity contribution >= 4 is 28.5 Å². The summed E-state index contributed by atoms with van der Waals surface area (Å²) in [6.07, 6.45) is 5.22. The highest BCUT2D eigenvalue weighted by Gasteiger charge is 2.31. The third-order valence-corrected chi connectivity index (χ3v) is 4.91. The van der Waals surface area contributed by atoms with Crippen LogP contribution in [0, 0.1) is 5.82 Å². The SMILES string of the molecule is COCC(=O)N1CCN(C(=O)C(=O)c2c[nH]c3c(-n4ccnn4)ncc(F)c23)CC1. The van der Waals surface area contributed by atoms with Crippen molar-refractivity contribution in [1.29, 1.82) is 0 Å². The highest BCUT2D eigenvalue weighted by Crippen LogP contribution is 2.26. The molecular formula is C18H18FN7O4. The Kier molecular flexibility index (Phi) is 5.23. The lowest BCUT2D eigenvalue weighted by Crippen LogP contribution is -2.52. The number of ether oxygens (including phenoxy) is 1. The van der Waals surface area contributed by atoms with Crippen molar-refractivity contribution in [3.63, 3.8) is 0 Å². The highest BCUT2D eigenvalue weighted by molar-refractivity contribution is 6.45. The minimum atomic E-state index is -0.840. The quantitative estimate of drug-likeness (QED) is 0.451. The largest absolute Gasteiger partial charge is 0.375 e. The molecule has 0 radical (unpaired) electrons. The monoisotopic (exact) mass is 415 g/mol. The van der Waals surface area contributed by atoms with Gasteiger partial charge in [0.1, 0.15) is 6.61 Å². The van der Waals surface area contributed by atoms with Crippen molar-refractivity contribution in [1.82, 2.24) is 34.8 Å². The molecule has 0 unspecified atom stereocenters. The lowest BCUT2D eigenvalue weighted by molar-refractivity contribution is -0.140. The van der Waals surface area contributed by atoms with E-state index >= 15 is 0 Å². The van der Waals surface area contributed by atoms with Crippen LogP contribution in [0.2, 0.25) is 0 Å². The number of nitrogens with one attached hydrogen (secondary N) is 1. The Labute approximate surface area is 169 Å². The fourth-order valence-corrected chi connectivity index (χ4v) is 3.40. The molecule has 0 atom stereocenters. The van der Waals surface area contributed by atoms with Crippen LogP contribution in [0.15, 0.2) is 24.8 Å². The molecule has 0 spiro atoms. The second kappa shape index (κ2) is 7.99. The first-order chi connectivity index (χ1) is 14.5. The number of piperazine rings is 1. The van der Waals surface area contributed by atoms with Crippen LogP contribution in [-0.2, 0) is 14.3 Å². The third kappa shape index (κ3) is 3.41. The molecule has 12 heteroatoms. The number of nitrogens with zero attached hydrogens (tertiary/aromatic N) is 6. The van der Waals surface area contributed by atoms with Crippen LogP contribution >= 0.6 is 0 Å². The van der Waals surface area contributed by atoms with Gasteiger partial charge in [0.15, 0.2) is 11.6 Å². The van der Waals surface area contributed by atoms with Gasteiger partial charge in [-0.3, -0.25) is 14.4 Å².